The molecule has 0 radical (unpaired) electrons. The van der Waals surface area contributed by atoms with Crippen molar-refractivity contribution < 1.29 is 26.8 Å². The lowest BCUT2D eigenvalue weighted by Crippen LogP contribution is -2.53. The molecule has 11 nitrogen and oxygen atoms in total. The smallest absolute Gasteiger partial charge is 0.338 e. The number of hydrogen-bond acceptors (Lipinski definition) is 9. The third-order valence-electron chi connectivity index (χ3n) is 4.11. The third-order valence-corrected chi connectivity index (χ3v) is 6.27. The third kappa shape index (κ3) is 5.24. The Morgan fingerprint density at radius 1 is 1.47 bits per heavy atom. The van der Waals surface area contributed by atoms with Crippen molar-refractivity contribution >= 4 is 43.6 Å². The van der Waals surface area contributed by atoms with Gasteiger partial charge in [-0.25, -0.2) is 9.02 Å². The number of hydrogen-bond donors (Lipinski definition) is 3. The van der Waals surface area contributed by atoms with Gasteiger partial charge < -0.3 is 15.8 Å². The molecule has 0 bridgehead atoms. The monoisotopic (exact) mass is 506 g/mol. The van der Waals surface area contributed by atoms with Crippen LogP contribution < -0.4 is 10.6 Å². The van der Waals surface area contributed by atoms with Gasteiger partial charge >= 0.3 is 10.3 Å². The average molecular weight is 507 g/mol. The van der Waals surface area contributed by atoms with Crippen molar-refractivity contribution in [3.8, 4) is 0 Å². The molecule has 0 amide bonds. The first-order valence-electron chi connectivity index (χ1n) is 8.89. The summed E-state index contributed by atoms with van der Waals surface area (Å²) in [6.07, 6.45) is -0.429. The van der Waals surface area contributed by atoms with Gasteiger partial charge in [-0.2, -0.15) is 12.7 Å². The average Bonchev–Trinajstić information content (AvgIpc) is 3.08. The normalized spacial score (nSPS) is 16.0. The summed E-state index contributed by atoms with van der Waals surface area (Å²) in [6, 6.07) is 4.15. The Balaban J connectivity index is 1.58. The lowest BCUT2D eigenvalue weighted by Gasteiger charge is -2.37. The number of benzene rings is 1. The Hall–Kier alpha value is -2.29. The van der Waals surface area contributed by atoms with E-state index < -0.39 is 22.2 Å². The number of nitrogens with one attached hydrogen (secondary N) is 2. The van der Waals surface area contributed by atoms with Crippen LogP contribution in [0.5, 0.6) is 0 Å². The van der Waals surface area contributed by atoms with E-state index in [9.17, 15) is 18.0 Å². The van der Waals surface area contributed by atoms with Crippen molar-refractivity contribution in [1.82, 2.24) is 14.6 Å². The van der Waals surface area contributed by atoms with Gasteiger partial charge in [0.1, 0.15) is 5.82 Å². The molecule has 2 aromatic rings. The first-order chi connectivity index (χ1) is 14.2. The van der Waals surface area contributed by atoms with Gasteiger partial charge in [-0.3, -0.25) is 4.18 Å². The zero-order valence-electron chi connectivity index (χ0n) is 16.0. The second kappa shape index (κ2) is 9.24. The lowest BCUT2D eigenvalue weighted by atomic mass is 10.0. The van der Waals surface area contributed by atoms with Gasteiger partial charge in [0, 0.05) is 31.2 Å². The van der Waals surface area contributed by atoms with E-state index in [2.05, 4.69) is 42.0 Å². The van der Waals surface area contributed by atoms with Gasteiger partial charge in [0.05, 0.1) is 10.6 Å². The van der Waals surface area contributed by atoms with Crippen LogP contribution in [0.2, 0.25) is 0 Å². The molecule has 30 heavy (non-hydrogen) atoms. The molecule has 0 aliphatic carbocycles. The summed E-state index contributed by atoms with van der Waals surface area (Å²) < 4.78 is 48.5. The molecule has 0 atom stereocenters. The van der Waals surface area contributed by atoms with Crippen LogP contribution in [0, 0.1) is 11.7 Å². The number of rotatable bonds is 8. The Labute approximate surface area is 180 Å². The lowest BCUT2D eigenvalue weighted by molar-refractivity contribution is 0.154. The fraction of sp³-hybridized carbons (Fsp3) is 0.438. The molecule has 0 unspecified atom stereocenters. The topological polar surface area (TPSA) is 142 Å². The molecule has 14 heteroatoms. The van der Waals surface area contributed by atoms with E-state index in [-0.39, 0.29) is 27.7 Å². The second-order valence-corrected chi connectivity index (χ2v) is 9.25. The summed E-state index contributed by atoms with van der Waals surface area (Å²) in [5.74, 6) is -0.281. The standard InChI is InChI=1S/C16H20BrFN6O5S/c1-9(2)28-30(26,27)24-7-10(8-24)6-19-15-14(22-29-23-15)16(21-25)20-11-3-4-13(18)12(17)5-11/h3-5,9-10,25H,6-8H2,1-2H3,(H,19,23)(H,20,21). The van der Waals surface area contributed by atoms with E-state index in [4.69, 9.17) is 8.81 Å². The van der Waals surface area contributed by atoms with Crippen molar-refractivity contribution in [3.05, 3.63) is 34.2 Å². The molecule has 1 aliphatic heterocycles. The summed E-state index contributed by atoms with van der Waals surface area (Å²) in [5.41, 5.74) is 0.542. The molecule has 1 aromatic heterocycles. The predicted molar refractivity (Wildman–Crippen MR) is 109 cm³/mol. The van der Waals surface area contributed by atoms with Gasteiger partial charge in [0.15, 0.2) is 5.69 Å². The van der Waals surface area contributed by atoms with Crippen LogP contribution in [0.3, 0.4) is 0 Å². The molecular formula is C16H20BrFN6O5S. The molecule has 2 heterocycles. The van der Waals surface area contributed by atoms with Crippen LogP contribution >= 0.6 is 15.9 Å². The highest BCUT2D eigenvalue weighted by Gasteiger charge is 2.37. The van der Waals surface area contributed by atoms with Crippen LogP contribution in [-0.2, 0) is 14.5 Å². The SMILES string of the molecule is CC(C)OS(=O)(=O)N1CC(CNc2nonc2/C(=N/O)Nc2ccc(F)c(Br)c2)C1. The summed E-state index contributed by atoms with van der Waals surface area (Å²) in [4.78, 5) is 0. The van der Waals surface area contributed by atoms with E-state index in [0.29, 0.717) is 25.3 Å². The van der Waals surface area contributed by atoms with E-state index in [1.165, 1.54) is 22.5 Å². The van der Waals surface area contributed by atoms with Crippen molar-refractivity contribution in [2.75, 3.05) is 30.3 Å². The number of aromatic nitrogens is 2. The highest BCUT2D eigenvalue weighted by molar-refractivity contribution is 9.10. The van der Waals surface area contributed by atoms with Crippen molar-refractivity contribution in [2.45, 2.75) is 20.0 Å². The van der Waals surface area contributed by atoms with Gasteiger partial charge in [-0.05, 0) is 58.3 Å². The minimum atomic E-state index is -3.73. The number of amidine groups is 1. The molecule has 1 saturated heterocycles. The van der Waals surface area contributed by atoms with E-state index in [0.717, 1.165) is 0 Å². The van der Waals surface area contributed by atoms with Crippen LogP contribution in [0.25, 0.3) is 0 Å². The molecular weight excluding hydrogens is 487 g/mol. The fourth-order valence-electron chi connectivity index (χ4n) is 2.68. The molecule has 0 saturated carbocycles. The Bertz CT molecular complexity index is 1020. The van der Waals surface area contributed by atoms with E-state index >= 15 is 0 Å². The molecule has 164 valence electrons. The zero-order chi connectivity index (χ0) is 21.9. The maximum Gasteiger partial charge on any atom is 0.338 e. The summed E-state index contributed by atoms with van der Waals surface area (Å²) in [7, 11) is -3.73. The van der Waals surface area contributed by atoms with Crippen LogP contribution in [0.15, 0.2) is 32.5 Å². The highest BCUT2D eigenvalue weighted by atomic mass is 79.9. The molecule has 1 aromatic carbocycles. The predicted octanol–water partition coefficient (Wildman–Crippen LogP) is 2.23. The second-order valence-electron chi connectivity index (χ2n) is 6.83. The van der Waals surface area contributed by atoms with E-state index in [1.54, 1.807) is 13.8 Å². The number of nitrogens with zero attached hydrogens (tertiary/aromatic N) is 4. The van der Waals surface area contributed by atoms with Gasteiger partial charge in [0.25, 0.3) is 0 Å². The van der Waals surface area contributed by atoms with Crippen molar-refractivity contribution in [1.29, 1.82) is 0 Å². The number of halogens is 2. The highest BCUT2D eigenvalue weighted by Crippen LogP contribution is 2.24. The molecule has 1 fully saturated rings. The van der Waals surface area contributed by atoms with Crippen molar-refractivity contribution in [3.63, 3.8) is 0 Å². The van der Waals surface area contributed by atoms with Crippen molar-refractivity contribution in [2.24, 2.45) is 11.1 Å². The quantitative estimate of drug-likeness (QED) is 0.212. The Morgan fingerprint density at radius 2 is 2.20 bits per heavy atom. The van der Waals surface area contributed by atoms with Gasteiger partial charge in [-0.1, -0.05) is 5.16 Å². The van der Waals surface area contributed by atoms with Crippen LogP contribution in [0.1, 0.15) is 19.5 Å². The maximum atomic E-state index is 13.4. The fourth-order valence-corrected chi connectivity index (χ4v) is 4.46. The Kier molecular flexibility index (Phi) is 6.90. The van der Waals surface area contributed by atoms with Crippen LogP contribution in [0.4, 0.5) is 15.9 Å². The summed E-state index contributed by atoms with van der Waals surface area (Å²) >= 11 is 3.08. The number of oxime groups is 1. The van der Waals surface area contributed by atoms with Crippen LogP contribution in [-0.4, -0.2) is 59.8 Å². The molecule has 0 spiro atoms. The van der Waals surface area contributed by atoms with Gasteiger partial charge in [-0.15, -0.1) is 0 Å². The molecule has 3 N–H and O–H groups in total. The summed E-state index contributed by atoms with van der Waals surface area (Å²) in [6.45, 7) is 4.27. The largest absolute Gasteiger partial charge is 0.409 e. The number of anilines is 2. The minimum Gasteiger partial charge on any atom is -0.409 e. The summed E-state index contributed by atoms with van der Waals surface area (Å²) in [5, 5.41) is 25.8. The van der Waals surface area contributed by atoms with Gasteiger partial charge in [0.2, 0.25) is 11.7 Å². The first-order valence-corrected chi connectivity index (χ1v) is 11.0. The molecule has 1 aliphatic rings. The first kappa shape index (κ1) is 22.4. The Morgan fingerprint density at radius 3 is 2.83 bits per heavy atom. The molecule has 3 rings (SSSR count). The maximum absolute atomic E-state index is 13.4. The zero-order valence-corrected chi connectivity index (χ0v) is 18.4. The van der Waals surface area contributed by atoms with E-state index in [1.807, 2.05) is 0 Å². The minimum absolute atomic E-state index is 0.0237.